The van der Waals surface area contributed by atoms with Crippen LogP contribution in [-0.4, -0.2) is 16.0 Å². The van der Waals surface area contributed by atoms with Gasteiger partial charge in [0.1, 0.15) is 17.0 Å². The van der Waals surface area contributed by atoms with Crippen LogP contribution in [0.15, 0.2) is 81.6 Å². The SMILES string of the molecule is O=C(/C=C/c1ccc(-c2ccc(Cl)cc2Cl)o1)NC(=S)Nc1ccc2oc(-c3cccc(Cl)c3Cl)nc2c1. The van der Waals surface area contributed by atoms with Crippen LogP contribution >= 0.6 is 58.6 Å². The van der Waals surface area contributed by atoms with Crippen LogP contribution in [0.25, 0.3) is 40.0 Å². The Kier molecular flexibility index (Phi) is 7.74. The van der Waals surface area contributed by atoms with E-state index in [1.165, 1.54) is 12.2 Å². The fraction of sp³-hybridized carbons (Fsp3) is 0. The number of carbonyl (C=O) groups is 1. The lowest BCUT2D eigenvalue weighted by Crippen LogP contribution is -2.32. The molecule has 0 saturated carbocycles. The molecule has 38 heavy (non-hydrogen) atoms. The number of rotatable bonds is 5. The molecule has 0 spiro atoms. The minimum Gasteiger partial charge on any atom is -0.457 e. The summed E-state index contributed by atoms with van der Waals surface area (Å²) >= 11 is 29.8. The smallest absolute Gasteiger partial charge is 0.250 e. The van der Waals surface area contributed by atoms with E-state index in [9.17, 15) is 4.79 Å². The molecule has 0 aliphatic carbocycles. The third-order valence-corrected chi connectivity index (χ3v) is 6.86. The lowest BCUT2D eigenvalue weighted by molar-refractivity contribution is -0.115. The minimum atomic E-state index is -0.439. The number of hydrogen-bond donors (Lipinski definition) is 2. The van der Waals surface area contributed by atoms with Gasteiger partial charge in [-0.2, -0.15) is 0 Å². The lowest BCUT2D eigenvalue weighted by atomic mass is 10.2. The third-order valence-electron chi connectivity index (χ3n) is 5.29. The number of hydrogen-bond acceptors (Lipinski definition) is 5. The highest BCUT2D eigenvalue weighted by Crippen LogP contribution is 2.35. The first kappa shape index (κ1) is 26.3. The molecule has 2 aromatic heterocycles. The summed E-state index contributed by atoms with van der Waals surface area (Å²) in [6, 6.07) is 19.0. The van der Waals surface area contributed by atoms with Gasteiger partial charge < -0.3 is 14.2 Å². The van der Waals surface area contributed by atoms with Crippen LogP contribution in [0.4, 0.5) is 5.69 Å². The minimum absolute atomic E-state index is 0.105. The molecule has 0 radical (unpaired) electrons. The molecule has 0 bridgehead atoms. The number of halogens is 4. The van der Waals surface area contributed by atoms with E-state index in [1.54, 1.807) is 66.7 Å². The summed E-state index contributed by atoms with van der Waals surface area (Å²) in [5.41, 5.74) is 3.01. The first-order chi connectivity index (χ1) is 18.3. The van der Waals surface area contributed by atoms with Crippen LogP contribution in [0.2, 0.25) is 20.1 Å². The standard InChI is InChI=1S/C27H15Cl4N3O3S/c28-14-4-8-17(20(30)12-14)22-10-6-16(36-22)7-11-24(35)34-27(38)32-15-5-9-23-21(13-15)33-26(37-23)18-2-1-3-19(29)25(18)31/h1-13H,(H2,32,34,35,38)/b11-7+. The zero-order valence-corrected chi connectivity index (χ0v) is 22.9. The number of amides is 1. The molecular weight excluding hydrogens is 588 g/mol. The normalized spacial score (nSPS) is 11.3. The summed E-state index contributed by atoms with van der Waals surface area (Å²) in [5.74, 6) is 0.913. The van der Waals surface area contributed by atoms with E-state index in [2.05, 4.69) is 15.6 Å². The molecule has 6 nitrogen and oxygen atoms in total. The first-order valence-corrected chi connectivity index (χ1v) is 12.9. The average molecular weight is 603 g/mol. The quantitative estimate of drug-likeness (QED) is 0.154. The molecule has 11 heteroatoms. The summed E-state index contributed by atoms with van der Waals surface area (Å²) in [5, 5.41) is 7.40. The number of aromatic nitrogens is 1. The van der Waals surface area contributed by atoms with E-state index in [1.807, 2.05) is 0 Å². The number of oxazole rings is 1. The zero-order chi connectivity index (χ0) is 26.8. The van der Waals surface area contributed by atoms with Crippen molar-refractivity contribution in [3.63, 3.8) is 0 Å². The van der Waals surface area contributed by atoms with E-state index in [4.69, 9.17) is 67.5 Å². The van der Waals surface area contributed by atoms with Gasteiger partial charge in [0.2, 0.25) is 11.8 Å². The van der Waals surface area contributed by atoms with E-state index in [0.717, 1.165) is 0 Å². The van der Waals surface area contributed by atoms with Gasteiger partial charge in [-0.05, 0) is 79.0 Å². The van der Waals surface area contributed by atoms with E-state index >= 15 is 0 Å². The highest BCUT2D eigenvalue weighted by Gasteiger charge is 2.14. The van der Waals surface area contributed by atoms with Crippen LogP contribution in [0.1, 0.15) is 5.76 Å². The molecule has 1 amide bonds. The van der Waals surface area contributed by atoms with Crippen molar-refractivity contribution in [1.82, 2.24) is 10.3 Å². The number of thiocarbonyl (C=S) groups is 1. The largest absolute Gasteiger partial charge is 0.457 e. The van der Waals surface area contributed by atoms with Crippen LogP contribution in [0.3, 0.4) is 0 Å². The van der Waals surface area contributed by atoms with Gasteiger partial charge in [-0.25, -0.2) is 4.98 Å². The molecule has 2 N–H and O–H groups in total. The third kappa shape index (κ3) is 5.88. The number of nitrogens with zero attached hydrogens (tertiary/aromatic N) is 1. The second-order valence-corrected chi connectivity index (χ2v) is 9.94. The van der Waals surface area contributed by atoms with Crippen LogP contribution in [0.5, 0.6) is 0 Å². The van der Waals surface area contributed by atoms with Crippen molar-refractivity contribution in [3.8, 4) is 22.8 Å². The van der Waals surface area contributed by atoms with Crippen LogP contribution in [0, 0.1) is 0 Å². The average Bonchev–Trinajstić information content (AvgIpc) is 3.51. The summed E-state index contributed by atoms with van der Waals surface area (Å²) in [7, 11) is 0. The Balaban J connectivity index is 1.22. The maximum absolute atomic E-state index is 12.4. The van der Waals surface area contributed by atoms with Crippen molar-refractivity contribution in [2.24, 2.45) is 0 Å². The Morgan fingerprint density at radius 1 is 0.895 bits per heavy atom. The lowest BCUT2D eigenvalue weighted by Gasteiger charge is -2.07. The molecule has 0 fully saturated rings. The Bertz CT molecular complexity index is 1730. The number of nitrogens with one attached hydrogen (secondary N) is 2. The van der Waals surface area contributed by atoms with E-state index in [-0.39, 0.29) is 5.11 Å². The molecule has 0 saturated heterocycles. The molecule has 3 aromatic carbocycles. The molecule has 2 heterocycles. The maximum Gasteiger partial charge on any atom is 0.250 e. The topological polar surface area (TPSA) is 80.3 Å². The molecule has 5 rings (SSSR count). The predicted molar refractivity (Wildman–Crippen MR) is 157 cm³/mol. The molecular formula is C27H15Cl4N3O3S. The summed E-state index contributed by atoms with van der Waals surface area (Å²) in [6.45, 7) is 0. The van der Waals surface area contributed by atoms with Crippen molar-refractivity contribution in [2.75, 3.05) is 5.32 Å². The molecule has 0 unspecified atom stereocenters. The Hall–Kier alpha value is -3.33. The van der Waals surface area contributed by atoms with Gasteiger partial charge in [0.25, 0.3) is 0 Å². The molecule has 190 valence electrons. The van der Waals surface area contributed by atoms with Gasteiger partial charge in [-0.1, -0.05) is 52.5 Å². The van der Waals surface area contributed by atoms with Crippen LogP contribution in [-0.2, 0) is 4.79 Å². The van der Waals surface area contributed by atoms with E-state index < -0.39 is 5.91 Å². The van der Waals surface area contributed by atoms with Gasteiger partial charge in [0.05, 0.1) is 20.6 Å². The Morgan fingerprint density at radius 2 is 1.74 bits per heavy atom. The first-order valence-electron chi connectivity index (χ1n) is 11.0. The van der Waals surface area contributed by atoms with E-state index in [0.29, 0.717) is 65.4 Å². The number of furan rings is 1. The Labute approximate surface area is 242 Å². The van der Waals surface area contributed by atoms with Gasteiger partial charge in [0.15, 0.2) is 10.7 Å². The Morgan fingerprint density at radius 3 is 2.55 bits per heavy atom. The van der Waals surface area contributed by atoms with Gasteiger partial charge in [-0.3, -0.25) is 10.1 Å². The fourth-order valence-electron chi connectivity index (χ4n) is 3.54. The highest BCUT2D eigenvalue weighted by atomic mass is 35.5. The molecule has 0 aliphatic heterocycles. The van der Waals surface area contributed by atoms with Crippen molar-refractivity contribution >= 4 is 92.5 Å². The van der Waals surface area contributed by atoms with Gasteiger partial charge in [-0.15, -0.1) is 0 Å². The number of fused-ring (bicyclic) bond motifs is 1. The summed E-state index contributed by atoms with van der Waals surface area (Å²) < 4.78 is 11.6. The number of benzene rings is 3. The predicted octanol–water partition coefficient (Wildman–Crippen LogP) is 8.89. The second-order valence-electron chi connectivity index (χ2n) is 7.91. The van der Waals surface area contributed by atoms with Crippen molar-refractivity contribution < 1.29 is 13.6 Å². The number of carbonyl (C=O) groups excluding carboxylic acids is 1. The summed E-state index contributed by atoms with van der Waals surface area (Å²) in [4.78, 5) is 16.9. The van der Waals surface area contributed by atoms with Crippen LogP contribution < -0.4 is 10.6 Å². The fourth-order valence-corrected chi connectivity index (χ4v) is 4.64. The molecule has 0 atom stereocenters. The van der Waals surface area contributed by atoms with Gasteiger partial charge >= 0.3 is 0 Å². The highest BCUT2D eigenvalue weighted by molar-refractivity contribution is 7.80. The maximum atomic E-state index is 12.4. The zero-order valence-electron chi connectivity index (χ0n) is 19.1. The van der Waals surface area contributed by atoms with Crippen molar-refractivity contribution in [3.05, 3.63) is 98.7 Å². The second kappa shape index (κ2) is 11.2. The summed E-state index contributed by atoms with van der Waals surface area (Å²) in [6.07, 6.45) is 2.83. The van der Waals surface area contributed by atoms with Crippen molar-refractivity contribution in [1.29, 1.82) is 0 Å². The molecule has 0 aliphatic rings. The monoisotopic (exact) mass is 601 g/mol. The van der Waals surface area contributed by atoms with Gasteiger partial charge in [0, 0.05) is 22.3 Å². The molecule has 5 aromatic rings. The number of anilines is 1. The van der Waals surface area contributed by atoms with Crippen molar-refractivity contribution in [2.45, 2.75) is 0 Å².